The first-order chi connectivity index (χ1) is 16.7. The van der Waals surface area contributed by atoms with Crippen molar-refractivity contribution in [2.24, 2.45) is 0 Å². The van der Waals surface area contributed by atoms with Gasteiger partial charge < -0.3 is 14.8 Å². The molecule has 4 heterocycles. The van der Waals surface area contributed by atoms with Gasteiger partial charge in [-0.25, -0.2) is 18.4 Å². The number of halogens is 3. The number of nitrogens with zero attached hydrogens (tertiary/aromatic N) is 5. The van der Waals surface area contributed by atoms with E-state index in [1.165, 1.54) is 10.4 Å². The Balaban J connectivity index is 1.18. The van der Waals surface area contributed by atoms with Crippen LogP contribution in [0, 0.1) is 0 Å². The van der Waals surface area contributed by atoms with Crippen LogP contribution in [0.2, 0.25) is 0 Å². The first-order valence-electron chi connectivity index (χ1n) is 11.3. The standard InChI is InChI=1S/C23H25F3N6O2S/c24-23(25,26)17-1-6-21(28-15-17)29-18-7-10-32(11-8-18)35(33,34)20-4-2-19(3-5-20)31-14-13-30-12-9-27-22(30)16-31/h1-6,9,12,15,18H,7-8,10-11,13-14,16H2,(H,28,29). The summed E-state index contributed by atoms with van der Waals surface area (Å²) in [4.78, 5) is 10.6. The smallest absolute Gasteiger partial charge is 0.367 e. The van der Waals surface area contributed by atoms with Crippen molar-refractivity contribution < 1.29 is 21.6 Å². The van der Waals surface area contributed by atoms with Crippen LogP contribution in [0.15, 0.2) is 59.9 Å². The number of pyridine rings is 1. The molecule has 5 rings (SSSR count). The van der Waals surface area contributed by atoms with Crippen LogP contribution < -0.4 is 10.2 Å². The Morgan fingerprint density at radius 2 is 1.69 bits per heavy atom. The average molecular weight is 507 g/mol. The summed E-state index contributed by atoms with van der Waals surface area (Å²) in [7, 11) is -3.64. The highest BCUT2D eigenvalue weighted by molar-refractivity contribution is 7.89. The van der Waals surface area contributed by atoms with E-state index in [1.54, 1.807) is 18.3 Å². The van der Waals surface area contributed by atoms with E-state index in [0.29, 0.717) is 38.3 Å². The number of rotatable bonds is 5. The second kappa shape index (κ2) is 9.15. The zero-order valence-electron chi connectivity index (χ0n) is 18.8. The molecule has 1 aromatic carbocycles. The monoisotopic (exact) mass is 506 g/mol. The zero-order valence-corrected chi connectivity index (χ0v) is 19.6. The summed E-state index contributed by atoms with van der Waals surface area (Å²) >= 11 is 0. The molecule has 35 heavy (non-hydrogen) atoms. The molecular formula is C23H25F3N6O2S. The van der Waals surface area contributed by atoms with Crippen molar-refractivity contribution in [1.82, 2.24) is 18.8 Å². The molecule has 2 aliphatic rings. The third kappa shape index (κ3) is 4.98. The highest BCUT2D eigenvalue weighted by Crippen LogP contribution is 2.30. The normalized spacial score (nSPS) is 17.9. The molecule has 1 saturated heterocycles. The van der Waals surface area contributed by atoms with Gasteiger partial charge in [-0.15, -0.1) is 0 Å². The van der Waals surface area contributed by atoms with Crippen LogP contribution in [0.4, 0.5) is 24.7 Å². The van der Waals surface area contributed by atoms with Crippen molar-refractivity contribution in [3.05, 3.63) is 66.4 Å². The van der Waals surface area contributed by atoms with E-state index in [-0.39, 0.29) is 10.9 Å². The summed E-state index contributed by atoms with van der Waals surface area (Å²) in [6, 6.07) is 9.15. The van der Waals surface area contributed by atoms with Crippen LogP contribution in [-0.4, -0.2) is 52.9 Å². The van der Waals surface area contributed by atoms with Gasteiger partial charge in [0.25, 0.3) is 0 Å². The van der Waals surface area contributed by atoms with Gasteiger partial charge >= 0.3 is 6.18 Å². The number of sulfonamides is 1. The summed E-state index contributed by atoms with van der Waals surface area (Å²) in [5, 5.41) is 3.11. The van der Waals surface area contributed by atoms with Gasteiger partial charge in [0, 0.05) is 56.5 Å². The van der Waals surface area contributed by atoms with Crippen LogP contribution in [0.5, 0.6) is 0 Å². The molecule has 0 bridgehead atoms. The zero-order chi connectivity index (χ0) is 24.6. The van der Waals surface area contributed by atoms with E-state index in [4.69, 9.17) is 0 Å². The van der Waals surface area contributed by atoms with Crippen LogP contribution in [-0.2, 0) is 29.3 Å². The number of aromatic nitrogens is 3. The van der Waals surface area contributed by atoms with E-state index in [2.05, 4.69) is 24.8 Å². The number of fused-ring (bicyclic) bond motifs is 1. The number of imidazole rings is 1. The molecule has 0 saturated carbocycles. The van der Waals surface area contributed by atoms with Crippen LogP contribution in [0.1, 0.15) is 24.2 Å². The summed E-state index contributed by atoms with van der Waals surface area (Å²) in [6.45, 7) is 2.96. The fourth-order valence-electron chi connectivity index (χ4n) is 4.47. The third-order valence-electron chi connectivity index (χ3n) is 6.48. The molecule has 186 valence electrons. The van der Waals surface area contributed by atoms with Gasteiger partial charge in [-0.1, -0.05) is 0 Å². The van der Waals surface area contributed by atoms with Crippen molar-refractivity contribution in [3.8, 4) is 0 Å². The predicted molar refractivity (Wildman–Crippen MR) is 124 cm³/mol. The lowest BCUT2D eigenvalue weighted by molar-refractivity contribution is -0.137. The lowest BCUT2D eigenvalue weighted by atomic mass is 10.1. The number of hydrogen-bond acceptors (Lipinski definition) is 6. The van der Waals surface area contributed by atoms with Crippen LogP contribution in [0.3, 0.4) is 0 Å². The largest absolute Gasteiger partial charge is 0.417 e. The molecule has 1 N–H and O–H groups in total. The summed E-state index contributed by atoms with van der Waals surface area (Å²) < 4.78 is 68.0. The number of piperidine rings is 1. The van der Waals surface area contributed by atoms with Crippen molar-refractivity contribution in [1.29, 1.82) is 0 Å². The molecule has 8 nitrogen and oxygen atoms in total. The maximum atomic E-state index is 13.2. The topological polar surface area (TPSA) is 83.4 Å². The first kappa shape index (κ1) is 23.6. The van der Waals surface area contributed by atoms with E-state index in [9.17, 15) is 21.6 Å². The SMILES string of the molecule is O=S(=O)(c1ccc(N2CCn3ccnc3C2)cc1)N1CCC(Nc2ccc(C(F)(F)F)cn2)CC1. The summed E-state index contributed by atoms with van der Waals surface area (Å²) in [5.74, 6) is 1.33. The molecule has 2 aliphatic heterocycles. The molecular weight excluding hydrogens is 481 g/mol. The molecule has 0 amide bonds. The molecule has 0 radical (unpaired) electrons. The van der Waals surface area contributed by atoms with Gasteiger partial charge in [-0.3, -0.25) is 0 Å². The van der Waals surface area contributed by atoms with Crippen molar-refractivity contribution >= 4 is 21.5 Å². The predicted octanol–water partition coefficient (Wildman–Crippen LogP) is 3.58. The lowest BCUT2D eigenvalue weighted by Crippen LogP contribution is -2.42. The molecule has 0 unspecified atom stereocenters. The second-order valence-electron chi connectivity index (χ2n) is 8.70. The minimum atomic E-state index is -4.43. The molecule has 3 aromatic rings. The first-order valence-corrected chi connectivity index (χ1v) is 12.8. The Bertz CT molecular complexity index is 1270. The Labute approximate surface area is 201 Å². The number of nitrogens with one attached hydrogen (secondary N) is 1. The molecule has 2 aromatic heterocycles. The number of hydrogen-bond donors (Lipinski definition) is 1. The third-order valence-corrected chi connectivity index (χ3v) is 8.39. The number of alkyl halides is 3. The van der Waals surface area contributed by atoms with E-state index in [1.807, 2.05) is 18.3 Å². The minimum Gasteiger partial charge on any atom is -0.367 e. The Kier molecular flexibility index (Phi) is 6.18. The minimum absolute atomic E-state index is 0.0697. The summed E-state index contributed by atoms with van der Waals surface area (Å²) in [6.07, 6.45) is 1.17. The average Bonchev–Trinajstić information content (AvgIpc) is 3.32. The van der Waals surface area contributed by atoms with Gasteiger partial charge in [0.1, 0.15) is 11.6 Å². The fraction of sp³-hybridized carbons (Fsp3) is 0.391. The van der Waals surface area contributed by atoms with Gasteiger partial charge in [-0.05, 0) is 49.2 Å². The van der Waals surface area contributed by atoms with Crippen molar-refractivity contribution in [3.63, 3.8) is 0 Å². The number of benzene rings is 1. The van der Waals surface area contributed by atoms with E-state index >= 15 is 0 Å². The van der Waals surface area contributed by atoms with Crippen LogP contribution >= 0.6 is 0 Å². The molecule has 0 atom stereocenters. The fourth-order valence-corrected chi connectivity index (χ4v) is 5.94. The highest BCUT2D eigenvalue weighted by Gasteiger charge is 2.32. The van der Waals surface area contributed by atoms with Gasteiger partial charge in [0.2, 0.25) is 10.0 Å². The highest BCUT2D eigenvalue weighted by atomic mass is 32.2. The van der Waals surface area contributed by atoms with Crippen LogP contribution in [0.25, 0.3) is 0 Å². The Hall–Kier alpha value is -3.12. The number of anilines is 2. The Morgan fingerprint density at radius 1 is 0.943 bits per heavy atom. The Morgan fingerprint density at radius 3 is 2.34 bits per heavy atom. The quantitative estimate of drug-likeness (QED) is 0.570. The van der Waals surface area contributed by atoms with Crippen molar-refractivity contribution in [2.75, 3.05) is 29.9 Å². The maximum absolute atomic E-state index is 13.2. The van der Waals surface area contributed by atoms with Gasteiger partial charge in [0.15, 0.2) is 0 Å². The lowest BCUT2D eigenvalue weighted by Gasteiger charge is -2.32. The van der Waals surface area contributed by atoms with E-state index in [0.717, 1.165) is 36.9 Å². The summed E-state index contributed by atoms with van der Waals surface area (Å²) in [5.41, 5.74) is 0.145. The van der Waals surface area contributed by atoms with Gasteiger partial charge in [-0.2, -0.15) is 17.5 Å². The van der Waals surface area contributed by atoms with Crippen molar-refractivity contribution in [2.45, 2.75) is 43.0 Å². The molecule has 0 spiro atoms. The molecule has 12 heteroatoms. The maximum Gasteiger partial charge on any atom is 0.417 e. The van der Waals surface area contributed by atoms with E-state index < -0.39 is 21.8 Å². The second-order valence-corrected chi connectivity index (χ2v) is 10.6. The molecule has 1 fully saturated rings. The van der Waals surface area contributed by atoms with Gasteiger partial charge in [0.05, 0.1) is 17.0 Å². The molecule has 0 aliphatic carbocycles.